The number of anilines is 1. The van der Waals surface area contributed by atoms with Crippen molar-refractivity contribution in [3.63, 3.8) is 0 Å². The molecule has 1 fully saturated rings. The second-order valence-corrected chi connectivity index (χ2v) is 4.08. The van der Waals surface area contributed by atoms with Crippen LogP contribution in [0, 0.1) is 5.92 Å². The molecular formula is C12H14F2N2O2. The summed E-state index contributed by atoms with van der Waals surface area (Å²) in [6.45, 7) is -1.31. The Labute approximate surface area is 103 Å². The molecule has 18 heavy (non-hydrogen) atoms. The molecule has 0 radical (unpaired) electrons. The number of benzene rings is 1. The van der Waals surface area contributed by atoms with Crippen molar-refractivity contribution >= 4 is 11.6 Å². The summed E-state index contributed by atoms with van der Waals surface area (Å²) in [5, 5.41) is 5.85. The lowest BCUT2D eigenvalue weighted by Gasteiger charge is -2.10. The van der Waals surface area contributed by atoms with E-state index in [1.54, 1.807) is 0 Å². The molecule has 0 saturated carbocycles. The monoisotopic (exact) mass is 256 g/mol. The smallest absolute Gasteiger partial charge is 0.387 e. The van der Waals surface area contributed by atoms with Gasteiger partial charge in [-0.15, -0.1) is 0 Å². The number of nitrogens with one attached hydrogen (secondary N) is 2. The first-order chi connectivity index (χ1) is 8.65. The predicted octanol–water partition coefficient (Wildman–Crippen LogP) is 1.84. The number of alkyl halides is 2. The first-order valence-electron chi connectivity index (χ1n) is 5.71. The summed E-state index contributed by atoms with van der Waals surface area (Å²) in [6.07, 6.45) is 0.818. The molecule has 2 rings (SSSR count). The van der Waals surface area contributed by atoms with Crippen LogP contribution in [0.1, 0.15) is 6.42 Å². The quantitative estimate of drug-likeness (QED) is 0.864. The van der Waals surface area contributed by atoms with Gasteiger partial charge in [-0.2, -0.15) is 8.78 Å². The van der Waals surface area contributed by atoms with Gasteiger partial charge in [0.25, 0.3) is 0 Å². The van der Waals surface area contributed by atoms with Crippen LogP contribution in [0.3, 0.4) is 0 Å². The highest BCUT2D eigenvalue weighted by Crippen LogP contribution is 2.19. The number of carbonyl (C=O) groups excluding carboxylic acids is 1. The fourth-order valence-corrected chi connectivity index (χ4v) is 1.84. The summed E-state index contributed by atoms with van der Waals surface area (Å²) in [6, 6.07) is 5.87. The lowest BCUT2D eigenvalue weighted by molar-refractivity contribution is -0.119. The highest BCUT2D eigenvalue weighted by molar-refractivity contribution is 5.92. The van der Waals surface area contributed by atoms with Crippen LogP contribution in [0.4, 0.5) is 14.5 Å². The molecule has 98 valence electrons. The fourth-order valence-electron chi connectivity index (χ4n) is 1.84. The maximum atomic E-state index is 11.9. The molecule has 0 aliphatic carbocycles. The molecule has 1 aliphatic heterocycles. The van der Waals surface area contributed by atoms with Crippen molar-refractivity contribution in [2.75, 3.05) is 18.4 Å². The normalized spacial score (nSPS) is 18.9. The van der Waals surface area contributed by atoms with Crippen molar-refractivity contribution in [3.8, 4) is 5.75 Å². The predicted molar refractivity (Wildman–Crippen MR) is 62.7 cm³/mol. The van der Waals surface area contributed by atoms with Crippen molar-refractivity contribution in [2.24, 2.45) is 5.92 Å². The highest BCUT2D eigenvalue weighted by Gasteiger charge is 2.22. The van der Waals surface area contributed by atoms with Gasteiger partial charge in [0, 0.05) is 12.2 Å². The zero-order valence-electron chi connectivity index (χ0n) is 9.66. The van der Waals surface area contributed by atoms with Gasteiger partial charge >= 0.3 is 6.61 Å². The lowest BCUT2D eigenvalue weighted by Crippen LogP contribution is -2.24. The summed E-state index contributed by atoms with van der Waals surface area (Å²) in [4.78, 5) is 11.8. The Morgan fingerprint density at radius 2 is 2.11 bits per heavy atom. The van der Waals surface area contributed by atoms with Crippen molar-refractivity contribution < 1.29 is 18.3 Å². The van der Waals surface area contributed by atoms with Crippen LogP contribution < -0.4 is 15.4 Å². The Morgan fingerprint density at radius 1 is 1.39 bits per heavy atom. The Hall–Kier alpha value is -1.69. The fraction of sp³-hybridized carbons (Fsp3) is 0.417. The van der Waals surface area contributed by atoms with Gasteiger partial charge in [-0.3, -0.25) is 4.79 Å². The summed E-state index contributed by atoms with van der Waals surface area (Å²) < 4.78 is 28.1. The molecule has 1 aliphatic rings. The van der Waals surface area contributed by atoms with Gasteiger partial charge in [-0.25, -0.2) is 0 Å². The highest BCUT2D eigenvalue weighted by atomic mass is 19.3. The molecule has 2 N–H and O–H groups in total. The van der Waals surface area contributed by atoms with E-state index in [0.29, 0.717) is 12.2 Å². The Morgan fingerprint density at radius 3 is 2.67 bits per heavy atom. The van der Waals surface area contributed by atoms with Gasteiger partial charge in [-0.1, -0.05) is 0 Å². The third kappa shape index (κ3) is 3.40. The number of carbonyl (C=O) groups is 1. The first kappa shape index (κ1) is 12.8. The van der Waals surface area contributed by atoms with E-state index in [2.05, 4.69) is 15.4 Å². The second kappa shape index (κ2) is 5.77. The van der Waals surface area contributed by atoms with Crippen molar-refractivity contribution in [3.05, 3.63) is 24.3 Å². The van der Waals surface area contributed by atoms with Gasteiger partial charge < -0.3 is 15.4 Å². The lowest BCUT2D eigenvalue weighted by atomic mass is 10.1. The summed E-state index contributed by atoms with van der Waals surface area (Å²) in [5.41, 5.74) is 0.577. The molecule has 1 aromatic carbocycles. The topological polar surface area (TPSA) is 50.4 Å². The molecule has 1 unspecified atom stereocenters. The minimum atomic E-state index is -2.84. The van der Waals surface area contributed by atoms with E-state index in [4.69, 9.17) is 0 Å². The maximum absolute atomic E-state index is 11.9. The minimum Gasteiger partial charge on any atom is -0.435 e. The van der Waals surface area contributed by atoms with Gasteiger partial charge in [0.15, 0.2) is 0 Å². The second-order valence-electron chi connectivity index (χ2n) is 4.08. The Bertz CT molecular complexity index is 403. The van der Waals surface area contributed by atoms with Gasteiger partial charge in [0.05, 0.1) is 5.92 Å². The molecule has 1 atom stereocenters. The van der Waals surface area contributed by atoms with Gasteiger partial charge in [0.2, 0.25) is 5.91 Å². The average Bonchev–Trinajstić information content (AvgIpc) is 2.84. The number of amides is 1. The number of hydrogen-bond donors (Lipinski definition) is 2. The van der Waals surface area contributed by atoms with Crippen LogP contribution in [0.5, 0.6) is 5.75 Å². The van der Waals surface area contributed by atoms with Crippen LogP contribution in [-0.2, 0) is 4.79 Å². The zero-order valence-corrected chi connectivity index (χ0v) is 9.66. The van der Waals surface area contributed by atoms with Crippen LogP contribution in [0.15, 0.2) is 24.3 Å². The van der Waals surface area contributed by atoms with Crippen molar-refractivity contribution in [1.82, 2.24) is 5.32 Å². The van der Waals surface area contributed by atoms with E-state index in [1.165, 1.54) is 24.3 Å². The average molecular weight is 256 g/mol. The largest absolute Gasteiger partial charge is 0.435 e. The SMILES string of the molecule is O=C(Nc1ccc(OC(F)F)cc1)C1CCNC1. The van der Waals surface area contributed by atoms with E-state index < -0.39 is 6.61 Å². The number of ether oxygens (including phenoxy) is 1. The van der Waals surface area contributed by atoms with E-state index >= 15 is 0 Å². The molecule has 1 saturated heterocycles. The summed E-state index contributed by atoms with van der Waals surface area (Å²) in [7, 11) is 0. The van der Waals surface area contributed by atoms with E-state index in [9.17, 15) is 13.6 Å². The number of hydrogen-bond acceptors (Lipinski definition) is 3. The number of halogens is 2. The molecule has 0 aromatic heterocycles. The molecular weight excluding hydrogens is 242 g/mol. The summed E-state index contributed by atoms with van der Waals surface area (Å²) in [5.74, 6) is -0.00458. The van der Waals surface area contributed by atoms with Gasteiger partial charge in [0.1, 0.15) is 5.75 Å². The molecule has 6 heteroatoms. The zero-order chi connectivity index (χ0) is 13.0. The molecule has 1 aromatic rings. The van der Waals surface area contributed by atoms with E-state index in [1.807, 2.05) is 0 Å². The molecule has 4 nitrogen and oxygen atoms in total. The standard InChI is InChI=1S/C12H14F2N2O2/c13-12(14)18-10-3-1-9(2-4-10)16-11(17)8-5-6-15-7-8/h1-4,8,12,15H,5-7H2,(H,16,17). The van der Waals surface area contributed by atoms with E-state index in [-0.39, 0.29) is 17.6 Å². The Balaban J connectivity index is 1.91. The molecule has 1 amide bonds. The first-order valence-corrected chi connectivity index (χ1v) is 5.71. The maximum Gasteiger partial charge on any atom is 0.387 e. The van der Waals surface area contributed by atoms with Crippen LogP contribution >= 0.6 is 0 Å². The Kier molecular flexibility index (Phi) is 4.09. The molecule has 1 heterocycles. The van der Waals surface area contributed by atoms with Crippen molar-refractivity contribution in [2.45, 2.75) is 13.0 Å². The molecule has 0 spiro atoms. The van der Waals surface area contributed by atoms with Crippen LogP contribution in [-0.4, -0.2) is 25.6 Å². The number of rotatable bonds is 4. The van der Waals surface area contributed by atoms with Crippen molar-refractivity contribution in [1.29, 1.82) is 0 Å². The minimum absolute atomic E-state index is 0.0259. The van der Waals surface area contributed by atoms with Gasteiger partial charge in [-0.05, 0) is 37.2 Å². The van der Waals surface area contributed by atoms with Crippen LogP contribution in [0.25, 0.3) is 0 Å². The van der Waals surface area contributed by atoms with Crippen LogP contribution in [0.2, 0.25) is 0 Å². The van der Waals surface area contributed by atoms with E-state index in [0.717, 1.165) is 13.0 Å². The molecule has 0 bridgehead atoms. The third-order valence-corrected chi connectivity index (χ3v) is 2.78. The third-order valence-electron chi connectivity index (χ3n) is 2.78. The summed E-state index contributed by atoms with van der Waals surface area (Å²) >= 11 is 0.